The molecule has 1 amide bonds. The van der Waals surface area contributed by atoms with E-state index in [-0.39, 0.29) is 18.5 Å². The summed E-state index contributed by atoms with van der Waals surface area (Å²) in [6.07, 6.45) is 3.07. The molecule has 190 valence electrons. The molecule has 0 bridgehead atoms. The molecule has 36 heavy (non-hydrogen) atoms. The Kier molecular flexibility index (Phi) is 8.28. The van der Waals surface area contributed by atoms with Crippen molar-refractivity contribution >= 4 is 5.91 Å². The highest BCUT2D eigenvalue weighted by molar-refractivity contribution is 5.78. The number of pyridine rings is 1. The number of benzene rings is 2. The molecule has 0 fully saturated rings. The lowest BCUT2D eigenvalue weighted by atomic mass is 9.87. The molecule has 8 heteroatoms. The van der Waals surface area contributed by atoms with E-state index >= 15 is 0 Å². The number of nitrogens with one attached hydrogen (secondary N) is 1. The highest BCUT2D eigenvalue weighted by Gasteiger charge is 2.34. The summed E-state index contributed by atoms with van der Waals surface area (Å²) in [5, 5.41) is 3.00. The van der Waals surface area contributed by atoms with Crippen LogP contribution in [0.4, 0.5) is 0 Å². The van der Waals surface area contributed by atoms with Crippen LogP contribution in [0.5, 0.6) is 23.0 Å². The topological polar surface area (TPSA) is 82.2 Å². The van der Waals surface area contributed by atoms with Gasteiger partial charge in [0.25, 0.3) is 0 Å². The van der Waals surface area contributed by atoms with E-state index < -0.39 is 0 Å². The zero-order chi connectivity index (χ0) is 25.5. The second kappa shape index (κ2) is 11.8. The molecule has 1 unspecified atom stereocenters. The van der Waals surface area contributed by atoms with E-state index in [1.165, 1.54) is 0 Å². The largest absolute Gasteiger partial charge is 0.497 e. The Morgan fingerprint density at radius 1 is 0.972 bits per heavy atom. The molecule has 1 atom stereocenters. The summed E-state index contributed by atoms with van der Waals surface area (Å²) in [6, 6.07) is 15.2. The Balaban J connectivity index is 1.67. The molecule has 0 aliphatic carbocycles. The summed E-state index contributed by atoms with van der Waals surface area (Å²) >= 11 is 0. The molecule has 8 nitrogen and oxygen atoms in total. The molecule has 2 heterocycles. The molecule has 0 saturated heterocycles. The lowest BCUT2D eigenvalue weighted by Gasteiger charge is -2.38. The monoisotopic (exact) mass is 491 g/mol. The molecule has 1 aromatic heterocycles. The minimum atomic E-state index is -0.139. The van der Waals surface area contributed by atoms with Crippen LogP contribution in [-0.4, -0.2) is 57.3 Å². The third-order valence-electron chi connectivity index (χ3n) is 6.58. The third-order valence-corrected chi connectivity index (χ3v) is 6.58. The van der Waals surface area contributed by atoms with Gasteiger partial charge in [-0.25, -0.2) is 0 Å². The lowest BCUT2D eigenvalue weighted by molar-refractivity contribution is -0.123. The van der Waals surface area contributed by atoms with Crippen LogP contribution in [0.1, 0.15) is 28.4 Å². The molecule has 0 saturated carbocycles. The van der Waals surface area contributed by atoms with Crippen molar-refractivity contribution in [1.82, 2.24) is 15.2 Å². The Bertz CT molecular complexity index is 1190. The van der Waals surface area contributed by atoms with Gasteiger partial charge in [0.2, 0.25) is 5.91 Å². The number of aromatic nitrogens is 1. The molecule has 3 aromatic rings. The number of carbonyl (C=O) groups is 1. The van der Waals surface area contributed by atoms with Crippen LogP contribution >= 0.6 is 0 Å². The van der Waals surface area contributed by atoms with E-state index in [0.29, 0.717) is 19.5 Å². The molecule has 1 N–H and O–H groups in total. The fourth-order valence-corrected chi connectivity index (χ4v) is 4.81. The standard InChI is InChI=1S/C28H33N3O5/c1-33-21-8-9-24(34-2)19(15-21)16-23-28-22(25(35-3)10-11-26(28)36-4)12-14-31(23)18-27(32)30-17-20-7-5-6-13-29-20/h5-11,13,15,23H,12,14,16-18H2,1-4H3,(H,30,32). The fourth-order valence-electron chi connectivity index (χ4n) is 4.81. The number of hydrogen-bond acceptors (Lipinski definition) is 7. The van der Waals surface area contributed by atoms with Crippen molar-refractivity contribution in [3.8, 4) is 23.0 Å². The van der Waals surface area contributed by atoms with Gasteiger partial charge in [0, 0.05) is 29.9 Å². The van der Waals surface area contributed by atoms with Crippen LogP contribution in [0.3, 0.4) is 0 Å². The van der Waals surface area contributed by atoms with Crippen molar-refractivity contribution < 1.29 is 23.7 Å². The molecule has 0 radical (unpaired) electrons. The van der Waals surface area contributed by atoms with Gasteiger partial charge in [-0.1, -0.05) is 6.07 Å². The Morgan fingerprint density at radius 3 is 2.42 bits per heavy atom. The minimum Gasteiger partial charge on any atom is -0.497 e. The third kappa shape index (κ3) is 5.54. The molecular weight excluding hydrogens is 458 g/mol. The minimum absolute atomic E-state index is 0.0615. The number of methoxy groups -OCH3 is 4. The van der Waals surface area contributed by atoms with Crippen molar-refractivity contribution in [2.24, 2.45) is 0 Å². The first-order valence-corrected chi connectivity index (χ1v) is 11.9. The summed E-state index contributed by atoms with van der Waals surface area (Å²) in [5.41, 5.74) is 3.94. The van der Waals surface area contributed by atoms with Gasteiger partial charge in [-0.15, -0.1) is 0 Å². The van der Waals surface area contributed by atoms with Crippen LogP contribution in [0.15, 0.2) is 54.7 Å². The Morgan fingerprint density at radius 2 is 1.72 bits per heavy atom. The van der Waals surface area contributed by atoms with Gasteiger partial charge in [0.1, 0.15) is 23.0 Å². The normalized spacial score (nSPS) is 15.1. The van der Waals surface area contributed by atoms with Crippen molar-refractivity contribution in [2.75, 3.05) is 41.5 Å². The first kappa shape index (κ1) is 25.3. The van der Waals surface area contributed by atoms with Gasteiger partial charge in [-0.3, -0.25) is 14.7 Å². The van der Waals surface area contributed by atoms with Crippen molar-refractivity contribution in [3.05, 3.63) is 77.1 Å². The number of carbonyl (C=O) groups excluding carboxylic acids is 1. The van der Waals surface area contributed by atoms with Crippen LogP contribution < -0.4 is 24.3 Å². The summed E-state index contributed by atoms with van der Waals surface area (Å²) in [4.78, 5) is 19.5. The quantitative estimate of drug-likeness (QED) is 0.464. The molecule has 1 aliphatic heterocycles. The van der Waals surface area contributed by atoms with Gasteiger partial charge < -0.3 is 24.3 Å². The predicted octanol–water partition coefficient (Wildman–Crippen LogP) is 3.57. The van der Waals surface area contributed by atoms with E-state index in [1.54, 1.807) is 34.6 Å². The maximum absolute atomic E-state index is 13.0. The fraction of sp³-hybridized carbons (Fsp3) is 0.357. The number of fused-ring (bicyclic) bond motifs is 1. The van der Waals surface area contributed by atoms with E-state index in [1.807, 2.05) is 48.5 Å². The van der Waals surface area contributed by atoms with Crippen molar-refractivity contribution in [3.63, 3.8) is 0 Å². The number of ether oxygens (including phenoxy) is 4. The second-order valence-electron chi connectivity index (χ2n) is 8.58. The van der Waals surface area contributed by atoms with Gasteiger partial charge in [0.15, 0.2) is 0 Å². The summed E-state index contributed by atoms with van der Waals surface area (Å²) < 4.78 is 22.6. The maximum atomic E-state index is 13.0. The maximum Gasteiger partial charge on any atom is 0.234 e. The van der Waals surface area contributed by atoms with Gasteiger partial charge >= 0.3 is 0 Å². The van der Waals surface area contributed by atoms with Gasteiger partial charge in [0.05, 0.1) is 47.2 Å². The second-order valence-corrected chi connectivity index (χ2v) is 8.58. The Labute approximate surface area is 212 Å². The first-order valence-electron chi connectivity index (χ1n) is 11.9. The smallest absolute Gasteiger partial charge is 0.234 e. The van der Waals surface area contributed by atoms with E-state index in [2.05, 4.69) is 15.2 Å². The number of amides is 1. The van der Waals surface area contributed by atoms with Crippen LogP contribution in [0.25, 0.3) is 0 Å². The lowest BCUT2D eigenvalue weighted by Crippen LogP contribution is -2.43. The van der Waals surface area contributed by atoms with Gasteiger partial charge in [-0.05, 0) is 60.9 Å². The Hall–Kier alpha value is -3.78. The van der Waals surface area contributed by atoms with E-state index in [0.717, 1.165) is 51.8 Å². The van der Waals surface area contributed by atoms with E-state index in [9.17, 15) is 4.79 Å². The van der Waals surface area contributed by atoms with Crippen molar-refractivity contribution in [1.29, 1.82) is 0 Å². The van der Waals surface area contributed by atoms with Gasteiger partial charge in [-0.2, -0.15) is 0 Å². The van der Waals surface area contributed by atoms with Crippen molar-refractivity contribution in [2.45, 2.75) is 25.4 Å². The zero-order valence-corrected chi connectivity index (χ0v) is 21.2. The number of rotatable bonds is 10. The summed E-state index contributed by atoms with van der Waals surface area (Å²) in [5.74, 6) is 3.06. The summed E-state index contributed by atoms with van der Waals surface area (Å²) in [7, 11) is 6.66. The van der Waals surface area contributed by atoms with Crippen LogP contribution in [0.2, 0.25) is 0 Å². The molecule has 0 spiro atoms. The SMILES string of the molecule is COc1ccc(OC)c(CC2c3c(OC)ccc(OC)c3CCN2CC(=O)NCc2ccccn2)c1. The average Bonchev–Trinajstić information content (AvgIpc) is 2.92. The number of nitrogens with zero attached hydrogens (tertiary/aromatic N) is 2. The average molecular weight is 492 g/mol. The summed E-state index contributed by atoms with van der Waals surface area (Å²) in [6.45, 7) is 1.32. The zero-order valence-electron chi connectivity index (χ0n) is 21.2. The predicted molar refractivity (Wildman–Crippen MR) is 137 cm³/mol. The van der Waals surface area contributed by atoms with Crippen LogP contribution in [0, 0.1) is 0 Å². The highest BCUT2D eigenvalue weighted by Crippen LogP contribution is 2.43. The molecule has 2 aromatic carbocycles. The molecular formula is C28H33N3O5. The van der Waals surface area contributed by atoms with E-state index in [4.69, 9.17) is 18.9 Å². The van der Waals surface area contributed by atoms with Crippen LogP contribution in [-0.2, 0) is 24.2 Å². The first-order chi connectivity index (χ1) is 17.6. The molecule has 4 rings (SSSR count). The number of hydrogen-bond donors (Lipinski definition) is 1. The molecule has 1 aliphatic rings. The highest BCUT2D eigenvalue weighted by atomic mass is 16.5.